The predicted molar refractivity (Wildman–Crippen MR) is 131 cm³/mol. The second-order valence-corrected chi connectivity index (χ2v) is 7.97. The number of pyridine rings is 1. The number of aromatic nitrogens is 1. The molecule has 0 fully saturated rings. The minimum Gasteiger partial charge on any atom is -0.322 e. The summed E-state index contributed by atoms with van der Waals surface area (Å²) in [6.07, 6.45) is 5.89. The summed E-state index contributed by atoms with van der Waals surface area (Å²) < 4.78 is 0. The van der Waals surface area contributed by atoms with E-state index in [0.717, 1.165) is 0 Å². The summed E-state index contributed by atoms with van der Waals surface area (Å²) in [7, 11) is 1.73. The Hall–Kier alpha value is -3.68. The zero-order chi connectivity index (χ0) is 23.4. The van der Waals surface area contributed by atoms with E-state index < -0.39 is 5.91 Å². The van der Waals surface area contributed by atoms with Crippen LogP contribution in [0.3, 0.4) is 0 Å². The van der Waals surface area contributed by atoms with Crippen molar-refractivity contribution in [3.8, 4) is 11.3 Å². The molecule has 0 saturated heterocycles. The molecule has 4 rings (SSSR count). The SMILES string of the molecule is CN1N=CCC=C1NC(=O)c1ccc(C(=O)Nc2ccc(Cl)c(-c3ccccn3)c2)c(Cl)c1. The molecule has 2 aromatic carbocycles. The van der Waals surface area contributed by atoms with Crippen LogP contribution in [-0.2, 0) is 0 Å². The number of hydrogen-bond acceptors (Lipinski definition) is 5. The van der Waals surface area contributed by atoms with E-state index in [2.05, 4.69) is 20.7 Å². The van der Waals surface area contributed by atoms with Crippen molar-refractivity contribution in [1.82, 2.24) is 15.3 Å². The number of anilines is 1. The van der Waals surface area contributed by atoms with Crippen molar-refractivity contribution in [2.45, 2.75) is 6.42 Å². The lowest BCUT2D eigenvalue weighted by Gasteiger charge is -2.20. The van der Waals surface area contributed by atoms with E-state index in [0.29, 0.717) is 39.8 Å². The van der Waals surface area contributed by atoms with Crippen LogP contribution < -0.4 is 10.6 Å². The lowest BCUT2D eigenvalue weighted by Crippen LogP contribution is -2.31. The normalized spacial score (nSPS) is 12.8. The van der Waals surface area contributed by atoms with Crippen molar-refractivity contribution in [3.63, 3.8) is 0 Å². The molecule has 9 heteroatoms. The van der Waals surface area contributed by atoms with Gasteiger partial charge < -0.3 is 10.6 Å². The van der Waals surface area contributed by atoms with Crippen molar-refractivity contribution in [3.05, 3.63) is 93.9 Å². The van der Waals surface area contributed by atoms with E-state index >= 15 is 0 Å². The summed E-state index contributed by atoms with van der Waals surface area (Å²) in [6.45, 7) is 0. The van der Waals surface area contributed by atoms with E-state index in [1.54, 1.807) is 48.7 Å². The lowest BCUT2D eigenvalue weighted by molar-refractivity contribution is 0.0951. The highest BCUT2D eigenvalue weighted by Gasteiger charge is 2.17. The van der Waals surface area contributed by atoms with Crippen LogP contribution in [0.2, 0.25) is 10.0 Å². The summed E-state index contributed by atoms with van der Waals surface area (Å²) in [5.41, 5.74) is 2.48. The van der Waals surface area contributed by atoms with E-state index in [9.17, 15) is 9.59 Å². The molecule has 2 amide bonds. The van der Waals surface area contributed by atoms with Crippen molar-refractivity contribution in [2.24, 2.45) is 5.10 Å². The Morgan fingerprint density at radius 1 is 0.970 bits per heavy atom. The molecule has 0 saturated carbocycles. The van der Waals surface area contributed by atoms with Crippen molar-refractivity contribution in [1.29, 1.82) is 0 Å². The van der Waals surface area contributed by atoms with Crippen molar-refractivity contribution in [2.75, 3.05) is 12.4 Å². The van der Waals surface area contributed by atoms with Gasteiger partial charge in [0.2, 0.25) is 0 Å². The monoisotopic (exact) mass is 479 g/mol. The quantitative estimate of drug-likeness (QED) is 0.526. The summed E-state index contributed by atoms with van der Waals surface area (Å²) >= 11 is 12.6. The van der Waals surface area contributed by atoms with Crippen LogP contribution in [0.5, 0.6) is 0 Å². The third-order valence-electron chi connectivity index (χ3n) is 4.90. The Morgan fingerprint density at radius 3 is 2.55 bits per heavy atom. The number of amides is 2. The molecule has 0 spiro atoms. The van der Waals surface area contributed by atoms with Gasteiger partial charge in [-0.3, -0.25) is 19.6 Å². The number of carbonyl (C=O) groups excluding carboxylic acids is 2. The topological polar surface area (TPSA) is 86.7 Å². The molecule has 0 unspecified atom stereocenters. The first-order chi connectivity index (χ1) is 15.9. The fraction of sp³-hybridized carbons (Fsp3) is 0.0833. The highest BCUT2D eigenvalue weighted by molar-refractivity contribution is 6.35. The fourth-order valence-corrected chi connectivity index (χ4v) is 3.69. The van der Waals surface area contributed by atoms with Gasteiger partial charge in [-0.15, -0.1) is 0 Å². The Balaban J connectivity index is 1.49. The molecular formula is C24H19Cl2N5O2. The van der Waals surface area contributed by atoms with Crippen molar-refractivity contribution >= 4 is 46.9 Å². The largest absolute Gasteiger partial charge is 0.322 e. The fourth-order valence-electron chi connectivity index (χ4n) is 3.21. The van der Waals surface area contributed by atoms with Gasteiger partial charge in [-0.2, -0.15) is 5.10 Å². The van der Waals surface area contributed by atoms with Crippen LogP contribution in [0.15, 0.2) is 77.8 Å². The molecule has 33 heavy (non-hydrogen) atoms. The first-order valence-electron chi connectivity index (χ1n) is 10.0. The standard InChI is InChI=1S/C24H19Cl2N5O2/c1-31-22(6-4-12-28-31)30-23(32)15-7-9-17(20(26)13-15)24(33)29-16-8-10-19(25)18(14-16)21-5-2-3-11-27-21/h2-3,5-14H,4H2,1H3,(H,29,33)(H,30,32). The molecule has 2 heterocycles. The third-order valence-corrected chi connectivity index (χ3v) is 5.54. The molecule has 0 aliphatic carbocycles. The van der Waals surface area contributed by atoms with E-state index in [4.69, 9.17) is 23.2 Å². The van der Waals surface area contributed by atoms with Gasteiger partial charge >= 0.3 is 0 Å². The van der Waals surface area contributed by atoms with Gasteiger partial charge in [0.25, 0.3) is 11.8 Å². The van der Waals surface area contributed by atoms with Gasteiger partial charge in [-0.1, -0.05) is 29.3 Å². The maximum Gasteiger partial charge on any atom is 0.257 e. The second-order valence-electron chi connectivity index (χ2n) is 7.16. The summed E-state index contributed by atoms with van der Waals surface area (Å²) in [5.74, 6) is -0.186. The Labute approximate surface area is 200 Å². The number of hydrogen-bond donors (Lipinski definition) is 2. The van der Waals surface area contributed by atoms with Gasteiger partial charge in [0.1, 0.15) is 5.82 Å². The zero-order valence-corrected chi connectivity index (χ0v) is 19.1. The first kappa shape index (κ1) is 22.5. The smallest absolute Gasteiger partial charge is 0.257 e. The maximum atomic E-state index is 12.8. The highest BCUT2D eigenvalue weighted by Crippen LogP contribution is 2.29. The molecule has 1 aliphatic heterocycles. The summed E-state index contributed by atoms with van der Waals surface area (Å²) in [6, 6.07) is 15.2. The number of hydrazone groups is 1. The van der Waals surface area contributed by atoms with Gasteiger partial charge in [0.15, 0.2) is 0 Å². The van der Waals surface area contributed by atoms with E-state index in [1.807, 2.05) is 24.3 Å². The Morgan fingerprint density at radius 2 is 1.82 bits per heavy atom. The molecule has 0 atom stereocenters. The minimum atomic E-state index is -0.412. The van der Waals surface area contributed by atoms with Gasteiger partial charge in [-0.05, 0) is 54.6 Å². The first-order valence-corrected chi connectivity index (χ1v) is 10.8. The number of carbonyl (C=O) groups is 2. The highest BCUT2D eigenvalue weighted by atomic mass is 35.5. The Kier molecular flexibility index (Phi) is 6.72. The van der Waals surface area contributed by atoms with Crippen LogP contribution in [0.4, 0.5) is 5.69 Å². The number of rotatable bonds is 5. The number of nitrogens with zero attached hydrogens (tertiary/aromatic N) is 3. The third kappa shape index (κ3) is 5.22. The number of halogens is 2. The van der Waals surface area contributed by atoms with Gasteiger partial charge in [-0.25, -0.2) is 0 Å². The van der Waals surface area contributed by atoms with Crippen LogP contribution in [-0.4, -0.2) is 35.1 Å². The van der Waals surface area contributed by atoms with Gasteiger partial charge in [0, 0.05) is 42.7 Å². The van der Waals surface area contributed by atoms with Crippen LogP contribution in [0.25, 0.3) is 11.3 Å². The number of allylic oxidation sites excluding steroid dienone is 1. The maximum absolute atomic E-state index is 12.8. The van der Waals surface area contributed by atoms with Crippen molar-refractivity contribution < 1.29 is 9.59 Å². The van der Waals surface area contributed by atoms with Gasteiger partial charge in [0.05, 0.1) is 21.3 Å². The molecular weight excluding hydrogens is 461 g/mol. The number of nitrogens with one attached hydrogen (secondary N) is 2. The van der Waals surface area contributed by atoms with Crippen LogP contribution >= 0.6 is 23.2 Å². The molecule has 3 aromatic rings. The number of benzene rings is 2. The zero-order valence-electron chi connectivity index (χ0n) is 17.5. The molecule has 2 N–H and O–H groups in total. The van der Waals surface area contributed by atoms with Crippen LogP contribution in [0, 0.1) is 0 Å². The average Bonchev–Trinajstić information content (AvgIpc) is 2.82. The summed E-state index contributed by atoms with van der Waals surface area (Å²) in [5, 5.41) is 12.0. The molecule has 1 aromatic heterocycles. The van der Waals surface area contributed by atoms with E-state index in [-0.39, 0.29) is 16.5 Å². The lowest BCUT2D eigenvalue weighted by atomic mass is 10.1. The molecule has 166 valence electrons. The molecule has 1 aliphatic rings. The predicted octanol–water partition coefficient (Wildman–Crippen LogP) is 5.20. The van der Waals surface area contributed by atoms with E-state index in [1.165, 1.54) is 12.1 Å². The minimum absolute atomic E-state index is 0.156. The average molecular weight is 480 g/mol. The summed E-state index contributed by atoms with van der Waals surface area (Å²) in [4.78, 5) is 29.7. The molecule has 0 bridgehead atoms. The molecule has 7 nitrogen and oxygen atoms in total. The second kappa shape index (κ2) is 9.85. The van der Waals surface area contributed by atoms with Crippen LogP contribution in [0.1, 0.15) is 27.1 Å². The molecule has 0 radical (unpaired) electrons. The Bertz CT molecular complexity index is 1280.